The second-order valence-electron chi connectivity index (χ2n) is 6.20. The summed E-state index contributed by atoms with van der Waals surface area (Å²) in [5.74, 6) is -0.717. The van der Waals surface area contributed by atoms with E-state index in [1.807, 2.05) is 22.8 Å². The number of nitrogens with zero attached hydrogens (tertiary/aromatic N) is 2. The Labute approximate surface area is 146 Å². The first-order valence-corrected chi connectivity index (χ1v) is 8.45. The quantitative estimate of drug-likeness (QED) is 0.843. The van der Waals surface area contributed by atoms with E-state index in [1.165, 1.54) is 18.2 Å². The zero-order chi connectivity index (χ0) is 18.0. The Hall–Kier alpha value is -2.18. The maximum absolute atomic E-state index is 14.6. The van der Waals surface area contributed by atoms with Crippen LogP contribution in [0.25, 0.3) is 0 Å². The summed E-state index contributed by atoms with van der Waals surface area (Å²) in [6.07, 6.45) is -0.823. The van der Waals surface area contributed by atoms with Crippen LogP contribution in [0.1, 0.15) is 18.5 Å². The van der Waals surface area contributed by atoms with Gasteiger partial charge in [-0.1, -0.05) is 18.2 Å². The SMILES string of the molecule is CCN1CN(C(c2cccc(F)c2)C(O)CNC)c2c(F)cccc21. The topological polar surface area (TPSA) is 38.7 Å². The Bertz CT molecular complexity index is 740. The van der Waals surface area contributed by atoms with Crippen LogP contribution in [-0.4, -0.2) is 38.0 Å². The van der Waals surface area contributed by atoms with Crippen molar-refractivity contribution in [2.75, 3.05) is 36.6 Å². The third-order valence-corrected chi connectivity index (χ3v) is 4.60. The molecule has 2 N–H and O–H groups in total. The predicted octanol–water partition coefficient (Wildman–Crippen LogP) is 2.89. The number of aliphatic hydroxyl groups is 1. The van der Waals surface area contributed by atoms with Crippen molar-refractivity contribution in [3.8, 4) is 0 Å². The molecule has 4 nitrogen and oxygen atoms in total. The lowest BCUT2D eigenvalue weighted by Crippen LogP contribution is -2.43. The number of halogens is 2. The van der Waals surface area contributed by atoms with E-state index in [-0.39, 0.29) is 11.6 Å². The number of rotatable bonds is 6. The molecular formula is C19H23F2N3O. The highest BCUT2D eigenvalue weighted by atomic mass is 19.1. The van der Waals surface area contributed by atoms with E-state index in [4.69, 9.17) is 0 Å². The Kier molecular flexibility index (Phi) is 5.20. The number of para-hydroxylation sites is 1. The number of likely N-dealkylation sites (N-methyl/N-ethyl adjacent to an activating group) is 1. The van der Waals surface area contributed by atoms with Gasteiger partial charge in [-0.2, -0.15) is 0 Å². The van der Waals surface area contributed by atoms with Crippen molar-refractivity contribution >= 4 is 11.4 Å². The van der Waals surface area contributed by atoms with Gasteiger partial charge < -0.3 is 20.2 Å². The lowest BCUT2D eigenvalue weighted by atomic mass is 9.99. The molecule has 0 amide bonds. The zero-order valence-corrected chi connectivity index (χ0v) is 14.4. The molecule has 0 aliphatic carbocycles. The lowest BCUT2D eigenvalue weighted by Gasteiger charge is -2.34. The normalized spacial score (nSPS) is 16.0. The number of hydrogen-bond donors (Lipinski definition) is 2. The van der Waals surface area contributed by atoms with Crippen LogP contribution in [0, 0.1) is 11.6 Å². The summed E-state index contributed by atoms with van der Waals surface area (Å²) in [4.78, 5) is 3.86. The van der Waals surface area contributed by atoms with Crippen LogP contribution in [0.4, 0.5) is 20.2 Å². The van der Waals surface area contributed by atoms with Crippen LogP contribution in [0.15, 0.2) is 42.5 Å². The van der Waals surface area contributed by atoms with E-state index in [0.29, 0.717) is 31.0 Å². The van der Waals surface area contributed by atoms with Crippen molar-refractivity contribution in [3.63, 3.8) is 0 Å². The molecule has 2 unspecified atom stereocenters. The monoisotopic (exact) mass is 347 g/mol. The van der Waals surface area contributed by atoms with Gasteiger partial charge in [0.15, 0.2) is 0 Å². The van der Waals surface area contributed by atoms with Crippen molar-refractivity contribution in [2.24, 2.45) is 0 Å². The molecule has 0 fully saturated rings. The molecular weight excluding hydrogens is 324 g/mol. The van der Waals surface area contributed by atoms with Gasteiger partial charge in [0.05, 0.1) is 30.2 Å². The van der Waals surface area contributed by atoms with Gasteiger partial charge in [0.2, 0.25) is 0 Å². The average Bonchev–Trinajstić information content (AvgIpc) is 2.95. The molecule has 2 aromatic rings. The molecule has 2 aromatic carbocycles. The minimum atomic E-state index is -0.823. The van der Waals surface area contributed by atoms with Gasteiger partial charge >= 0.3 is 0 Å². The van der Waals surface area contributed by atoms with Crippen molar-refractivity contribution < 1.29 is 13.9 Å². The van der Waals surface area contributed by atoms with Crippen LogP contribution < -0.4 is 15.1 Å². The zero-order valence-electron chi connectivity index (χ0n) is 14.4. The Morgan fingerprint density at radius 1 is 1.20 bits per heavy atom. The first-order chi connectivity index (χ1) is 12.1. The van der Waals surface area contributed by atoms with E-state index in [1.54, 1.807) is 25.2 Å². The Morgan fingerprint density at radius 2 is 1.96 bits per heavy atom. The number of fused-ring (bicyclic) bond motifs is 1. The number of aliphatic hydroxyl groups excluding tert-OH is 1. The number of nitrogens with one attached hydrogen (secondary N) is 1. The molecule has 0 aromatic heterocycles. The number of hydrogen-bond acceptors (Lipinski definition) is 4. The summed E-state index contributed by atoms with van der Waals surface area (Å²) in [6, 6.07) is 10.5. The highest BCUT2D eigenvalue weighted by molar-refractivity contribution is 5.77. The summed E-state index contributed by atoms with van der Waals surface area (Å²) in [7, 11) is 1.74. The Morgan fingerprint density at radius 3 is 2.64 bits per heavy atom. The van der Waals surface area contributed by atoms with Crippen molar-refractivity contribution in [1.82, 2.24) is 5.32 Å². The fourth-order valence-electron chi connectivity index (χ4n) is 3.49. The maximum Gasteiger partial charge on any atom is 0.148 e. The van der Waals surface area contributed by atoms with Gasteiger partial charge in [0.1, 0.15) is 11.6 Å². The lowest BCUT2D eigenvalue weighted by molar-refractivity contribution is 0.140. The maximum atomic E-state index is 14.6. The summed E-state index contributed by atoms with van der Waals surface area (Å²) >= 11 is 0. The number of anilines is 2. The minimum absolute atomic E-state index is 0.313. The standard InChI is InChI=1S/C19H23F2N3O/c1-3-23-12-24(19-15(21)8-5-9-16(19)23)18(17(25)11-22-2)13-6-4-7-14(20)10-13/h4-10,17-18,22,25H,3,11-12H2,1-2H3. The van der Waals surface area contributed by atoms with Crippen LogP contribution in [0.5, 0.6) is 0 Å². The molecule has 0 radical (unpaired) electrons. The highest BCUT2D eigenvalue weighted by Gasteiger charge is 2.36. The smallest absolute Gasteiger partial charge is 0.148 e. The van der Waals surface area contributed by atoms with Gasteiger partial charge in [-0.05, 0) is 43.8 Å². The molecule has 1 aliphatic rings. The molecule has 0 saturated carbocycles. The van der Waals surface area contributed by atoms with Gasteiger partial charge in [-0.3, -0.25) is 0 Å². The van der Waals surface area contributed by atoms with Crippen LogP contribution in [0.3, 0.4) is 0 Å². The van der Waals surface area contributed by atoms with Crippen molar-refractivity contribution in [3.05, 3.63) is 59.7 Å². The second kappa shape index (κ2) is 7.37. The molecule has 25 heavy (non-hydrogen) atoms. The summed E-state index contributed by atoms with van der Waals surface area (Å²) in [5.41, 5.74) is 1.87. The molecule has 0 spiro atoms. The molecule has 3 rings (SSSR count). The van der Waals surface area contributed by atoms with E-state index < -0.39 is 12.1 Å². The summed E-state index contributed by atoms with van der Waals surface area (Å²) in [6.45, 7) is 3.46. The van der Waals surface area contributed by atoms with Crippen LogP contribution in [-0.2, 0) is 0 Å². The first-order valence-electron chi connectivity index (χ1n) is 8.45. The minimum Gasteiger partial charge on any atom is -0.389 e. The summed E-state index contributed by atoms with van der Waals surface area (Å²) < 4.78 is 28.4. The second-order valence-corrected chi connectivity index (χ2v) is 6.20. The van der Waals surface area contributed by atoms with Crippen LogP contribution >= 0.6 is 0 Å². The molecule has 134 valence electrons. The molecule has 2 atom stereocenters. The highest BCUT2D eigenvalue weighted by Crippen LogP contribution is 2.43. The third kappa shape index (κ3) is 3.32. The number of benzene rings is 2. The largest absolute Gasteiger partial charge is 0.389 e. The fraction of sp³-hybridized carbons (Fsp3) is 0.368. The molecule has 0 bridgehead atoms. The predicted molar refractivity (Wildman–Crippen MR) is 95.8 cm³/mol. The molecule has 6 heteroatoms. The van der Waals surface area contributed by atoms with Crippen molar-refractivity contribution in [1.29, 1.82) is 0 Å². The van der Waals surface area contributed by atoms with E-state index in [2.05, 4.69) is 5.32 Å². The van der Waals surface area contributed by atoms with Gasteiger partial charge in [0.25, 0.3) is 0 Å². The van der Waals surface area contributed by atoms with Gasteiger partial charge in [-0.15, -0.1) is 0 Å². The van der Waals surface area contributed by atoms with Crippen molar-refractivity contribution in [2.45, 2.75) is 19.1 Å². The molecule has 1 heterocycles. The van der Waals surface area contributed by atoms with E-state index in [9.17, 15) is 13.9 Å². The molecule has 0 saturated heterocycles. The summed E-state index contributed by atoms with van der Waals surface area (Å²) in [5, 5.41) is 13.7. The van der Waals surface area contributed by atoms with Gasteiger partial charge in [-0.25, -0.2) is 8.78 Å². The fourth-order valence-corrected chi connectivity index (χ4v) is 3.49. The van der Waals surface area contributed by atoms with Gasteiger partial charge in [0, 0.05) is 13.1 Å². The third-order valence-electron chi connectivity index (χ3n) is 4.60. The average molecular weight is 347 g/mol. The first kappa shape index (κ1) is 17.6. The van der Waals surface area contributed by atoms with E-state index >= 15 is 0 Å². The Balaban J connectivity index is 2.09. The van der Waals surface area contributed by atoms with E-state index in [0.717, 1.165) is 5.69 Å². The molecule has 1 aliphatic heterocycles. The van der Waals surface area contributed by atoms with Crippen LogP contribution in [0.2, 0.25) is 0 Å².